The maximum atomic E-state index is 4.81. The fourth-order valence-corrected chi connectivity index (χ4v) is 3.27. The minimum absolute atomic E-state index is 0.449. The summed E-state index contributed by atoms with van der Waals surface area (Å²) in [5.41, 5.74) is 1.20. The lowest BCUT2D eigenvalue weighted by molar-refractivity contribution is 0.749. The van der Waals surface area contributed by atoms with Gasteiger partial charge in [0.2, 0.25) is 0 Å². The molecule has 2 aromatic rings. The molecule has 0 spiro atoms. The largest absolute Gasteiger partial charge is 0.344 e. The van der Waals surface area contributed by atoms with Crippen molar-refractivity contribution in [1.29, 1.82) is 0 Å². The summed E-state index contributed by atoms with van der Waals surface area (Å²) >= 11 is 1.76. The van der Waals surface area contributed by atoms with E-state index < -0.39 is 0 Å². The van der Waals surface area contributed by atoms with Gasteiger partial charge >= 0.3 is 0 Å². The third kappa shape index (κ3) is 3.19. The Balaban J connectivity index is 2.19. The lowest BCUT2D eigenvalue weighted by Gasteiger charge is -2.15. The summed E-state index contributed by atoms with van der Waals surface area (Å²) in [4.78, 5) is 12.7. The molecule has 5 nitrogen and oxygen atoms in total. The molecule has 0 aliphatic heterocycles. The molecular formula is C14H23N5S. The highest BCUT2D eigenvalue weighted by Crippen LogP contribution is 2.30. The van der Waals surface area contributed by atoms with Gasteiger partial charge in [-0.1, -0.05) is 13.8 Å². The number of imidazole rings is 1. The van der Waals surface area contributed by atoms with Crippen LogP contribution in [0.25, 0.3) is 0 Å². The van der Waals surface area contributed by atoms with Gasteiger partial charge in [0.05, 0.1) is 12.2 Å². The van der Waals surface area contributed by atoms with Crippen LogP contribution in [0.3, 0.4) is 0 Å². The molecular weight excluding hydrogens is 270 g/mol. The van der Waals surface area contributed by atoms with E-state index in [1.807, 2.05) is 31.1 Å². The van der Waals surface area contributed by atoms with E-state index in [-0.39, 0.29) is 0 Å². The standard InChI is InChI=1S/C14H23N5S/c1-10(2)13-11(8-15-3)20-14(17-13)19(5)9-12-16-6-7-18(12)4/h6-7,10,15H,8-9H2,1-5H3. The molecule has 0 atom stereocenters. The highest BCUT2D eigenvalue weighted by Gasteiger charge is 2.16. The van der Waals surface area contributed by atoms with Gasteiger partial charge < -0.3 is 14.8 Å². The van der Waals surface area contributed by atoms with Crippen molar-refractivity contribution in [3.63, 3.8) is 0 Å². The number of aromatic nitrogens is 3. The second kappa shape index (κ2) is 6.37. The van der Waals surface area contributed by atoms with E-state index in [1.165, 1.54) is 10.6 Å². The number of nitrogens with zero attached hydrogens (tertiary/aromatic N) is 4. The number of hydrogen-bond acceptors (Lipinski definition) is 5. The molecule has 20 heavy (non-hydrogen) atoms. The first-order chi connectivity index (χ1) is 9.52. The van der Waals surface area contributed by atoms with Crippen molar-refractivity contribution in [2.45, 2.75) is 32.9 Å². The third-order valence-corrected chi connectivity index (χ3v) is 4.41. The average Bonchev–Trinajstić information content (AvgIpc) is 2.97. The molecule has 0 aliphatic carbocycles. The van der Waals surface area contributed by atoms with Gasteiger partial charge in [0.1, 0.15) is 5.82 Å². The Morgan fingerprint density at radius 3 is 2.75 bits per heavy atom. The second-order valence-corrected chi connectivity index (χ2v) is 6.36. The molecule has 2 heterocycles. The summed E-state index contributed by atoms with van der Waals surface area (Å²) < 4.78 is 2.04. The summed E-state index contributed by atoms with van der Waals surface area (Å²) in [6.07, 6.45) is 3.80. The Morgan fingerprint density at radius 1 is 1.45 bits per heavy atom. The molecule has 0 radical (unpaired) electrons. The molecule has 0 fully saturated rings. The molecule has 0 saturated carbocycles. The summed E-state index contributed by atoms with van der Waals surface area (Å²) in [6.45, 7) is 6.03. The lowest BCUT2D eigenvalue weighted by Crippen LogP contribution is -2.18. The van der Waals surface area contributed by atoms with Gasteiger partial charge in [0, 0.05) is 37.9 Å². The molecule has 2 rings (SSSR count). The number of hydrogen-bond donors (Lipinski definition) is 1. The fraction of sp³-hybridized carbons (Fsp3) is 0.571. The van der Waals surface area contributed by atoms with Crippen molar-refractivity contribution < 1.29 is 0 Å². The Morgan fingerprint density at radius 2 is 2.20 bits per heavy atom. The molecule has 0 aromatic carbocycles. The van der Waals surface area contributed by atoms with Crippen LogP contribution in [0.4, 0.5) is 5.13 Å². The molecule has 1 N–H and O–H groups in total. The number of thiazole rings is 1. The van der Waals surface area contributed by atoms with E-state index in [9.17, 15) is 0 Å². The van der Waals surface area contributed by atoms with Crippen LogP contribution in [0.1, 0.15) is 36.2 Å². The molecule has 0 unspecified atom stereocenters. The molecule has 0 bridgehead atoms. The van der Waals surface area contributed by atoms with E-state index in [1.54, 1.807) is 11.3 Å². The topological polar surface area (TPSA) is 46.0 Å². The van der Waals surface area contributed by atoms with E-state index in [2.05, 4.69) is 36.1 Å². The molecule has 0 aliphatic rings. The van der Waals surface area contributed by atoms with Crippen LogP contribution in [0.5, 0.6) is 0 Å². The average molecular weight is 293 g/mol. The molecule has 0 amide bonds. The van der Waals surface area contributed by atoms with Crippen molar-refractivity contribution in [3.8, 4) is 0 Å². The fourth-order valence-electron chi connectivity index (χ4n) is 2.08. The maximum Gasteiger partial charge on any atom is 0.185 e. The first-order valence-corrected chi connectivity index (χ1v) is 7.66. The monoisotopic (exact) mass is 293 g/mol. The lowest BCUT2D eigenvalue weighted by atomic mass is 10.1. The molecule has 110 valence electrons. The van der Waals surface area contributed by atoms with Gasteiger partial charge in [0.25, 0.3) is 0 Å². The zero-order valence-electron chi connectivity index (χ0n) is 12.8. The minimum atomic E-state index is 0.449. The number of anilines is 1. The second-order valence-electron chi connectivity index (χ2n) is 5.30. The first-order valence-electron chi connectivity index (χ1n) is 6.84. The van der Waals surface area contributed by atoms with Crippen LogP contribution >= 0.6 is 11.3 Å². The highest BCUT2D eigenvalue weighted by atomic mass is 32.1. The minimum Gasteiger partial charge on any atom is -0.344 e. The van der Waals surface area contributed by atoms with Gasteiger partial charge in [-0.25, -0.2) is 9.97 Å². The molecule has 6 heteroatoms. The van der Waals surface area contributed by atoms with Crippen LogP contribution in [0.2, 0.25) is 0 Å². The van der Waals surface area contributed by atoms with Crippen molar-refractivity contribution in [2.75, 3.05) is 19.0 Å². The van der Waals surface area contributed by atoms with E-state index in [4.69, 9.17) is 4.98 Å². The SMILES string of the molecule is CNCc1sc(N(C)Cc2nccn2C)nc1C(C)C. The number of aryl methyl sites for hydroxylation is 1. The zero-order chi connectivity index (χ0) is 14.7. The third-order valence-electron chi connectivity index (χ3n) is 3.23. The Hall–Kier alpha value is -1.40. The van der Waals surface area contributed by atoms with E-state index in [0.717, 1.165) is 24.0 Å². The Kier molecular flexibility index (Phi) is 4.77. The van der Waals surface area contributed by atoms with E-state index in [0.29, 0.717) is 5.92 Å². The summed E-state index contributed by atoms with van der Waals surface area (Å²) in [6, 6.07) is 0. The van der Waals surface area contributed by atoms with Crippen molar-refractivity contribution in [1.82, 2.24) is 19.9 Å². The predicted molar refractivity (Wildman–Crippen MR) is 84.3 cm³/mol. The van der Waals surface area contributed by atoms with Gasteiger partial charge in [0.15, 0.2) is 5.13 Å². The quantitative estimate of drug-likeness (QED) is 0.888. The molecule has 2 aromatic heterocycles. The first kappa shape index (κ1) is 15.0. The smallest absolute Gasteiger partial charge is 0.185 e. The Bertz CT molecular complexity index is 558. The van der Waals surface area contributed by atoms with Crippen molar-refractivity contribution >= 4 is 16.5 Å². The normalized spacial score (nSPS) is 11.3. The van der Waals surface area contributed by atoms with Gasteiger partial charge in [-0.3, -0.25) is 0 Å². The summed E-state index contributed by atoms with van der Waals surface area (Å²) in [7, 11) is 6.06. The summed E-state index contributed by atoms with van der Waals surface area (Å²) in [5.74, 6) is 1.49. The van der Waals surface area contributed by atoms with Gasteiger partial charge in [-0.2, -0.15) is 0 Å². The maximum absolute atomic E-state index is 4.81. The van der Waals surface area contributed by atoms with Crippen LogP contribution in [-0.4, -0.2) is 28.6 Å². The number of rotatable bonds is 6. The van der Waals surface area contributed by atoms with Gasteiger partial charge in [-0.05, 0) is 13.0 Å². The van der Waals surface area contributed by atoms with Crippen LogP contribution in [0, 0.1) is 0 Å². The van der Waals surface area contributed by atoms with E-state index >= 15 is 0 Å². The Labute approximate surface area is 124 Å². The van der Waals surface area contributed by atoms with Crippen molar-refractivity contribution in [2.24, 2.45) is 7.05 Å². The van der Waals surface area contributed by atoms with Crippen LogP contribution in [-0.2, 0) is 20.1 Å². The highest BCUT2D eigenvalue weighted by molar-refractivity contribution is 7.15. The number of nitrogens with one attached hydrogen (secondary N) is 1. The van der Waals surface area contributed by atoms with Crippen LogP contribution < -0.4 is 10.2 Å². The van der Waals surface area contributed by atoms with Crippen LogP contribution in [0.15, 0.2) is 12.4 Å². The van der Waals surface area contributed by atoms with Crippen molar-refractivity contribution in [3.05, 3.63) is 28.8 Å². The molecule has 0 saturated heterocycles. The predicted octanol–water partition coefficient (Wildman–Crippen LogP) is 2.36. The zero-order valence-corrected chi connectivity index (χ0v) is 13.7. The summed E-state index contributed by atoms with van der Waals surface area (Å²) in [5, 5.41) is 4.28. The van der Waals surface area contributed by atoms with Gasteiger partial charge in [-0.15, -0.1) is 11.3 Å².